The van der Waals surface area contributed by atoms with E-state index in [9.17, 15) is 106 Å². The predicted octanol–water partition coefficient (Wildman–Crippen LogP) is -12.8. The van der Waals surface area contributed by atoms with Crippen LogP contribution in [0.4, 0.5) is 0 Å². The molecule has 4 heterocycles. The average molecular weight is 1000 g/mol. The first-order valence-corrected chi connectivity index (χ1v) is 20.8. The van der Waals surface area contributed by atoms with Crippen LogP contribution in [0.2, 0.25) is 0 Å². The Bertz CT molecular complexity index is 1660. The van der Waals surface area contributed by atoms with E-state index in [0.717, 1.165) is 0 Å². The first-order valence-electron chi connectivity index (χ1n) is 20.8. The molecule has 0 saturated carbocycles. The number of ether oxygens (including phenoxy) is 8. The third-order valence-electron chi connectivity index (χ3n) is 12.0. The van der Waals surface area contributed by atoms with Gasteiger partial charge >= 0.3 is 17.9 Å². The minimum atomic E-state index is -3.33. The fourth-order valence-electron chi connectivity index (χ4n) is 7.84. The number of aliphatic hydroxyl groups excluding tert-OH is 16. The molecule has 0 radical (unpaired) electrons. The van der Waals surface area contributed by atoms with Gasteiger partial charge in [0.05, 0.1) is 76.1 Å². The number of aliphatic hydroxyl groups is 16. The van der Waals surface area contributed by atoms with Crippen LogP contribution in [-0.2, 0) is 52.3 Å². The molecule has 396 valence electrons. The molecule has 24 atom stereocenters. The fourth-order valence-corrected chi connectivity index (χ4v) is 7.84. The lowest BCUT2D eigenvalue weighted by Gasteiger charge is -2.50. The summed E-state index contributed by atoms with van der Waals surface area (Å²) >= 11 is 0. The highest BCUT2D eigenvalue weighted by Crippen LogP contribution is 2.41. The minimum absolute atomic E-state index is 0.724. The van der Waals surface area contributed by atoms with Crippen molar-refractivity contribution in [1.29, 1.82) is 0 Å². The molecule has 68 heavy (non-hydrogen) atoms. The van der Waals surface area contributed by atoms with Crippen molar-refractivity contribution in [2.45, 2.75) is 165 Å². The monoisotopic (exact) mass is 1000 g/mol. The van der Waals surface area contributed by atoms with Crippen LogP contribution in [0, 0.1) is 0 Å². The molecule has 0 aromatic carbocycles. The Balaban J connectivity index is 1.59. The number of nitrogens with two attached hydrogens (primary N) is 2. The Morgan fingerprint density at radius 1 is 0.588 bits per heavy atom. The standard InChI is InChI=1S/C36H62N2O30/c37-10(20(48)21(49)13(44)4-39)7-61-30-19(38)26(54)24(52)18(64-30)9-63-35(32(57)58)3-17(25(53)28(67-35)15(46)6-41)65-36(33(59)60)2-12(43)23(51)29(68-36)16(47)8-62-34(31(55)56)1-11(42)22(50)27(66-34)14(45)5-40/h10-30,39-54H,1-9,37-38H2,(H,55,56)(H,57,58)(H,59,60)/t10-,11+,12+,13+,14+,15+,16+,17+,18+,19+,20+,21+,22+,23+,24+,25+,26+,27+,28+,29+,30?,34+,35+,36+/m0/s1. The van der Waals surface area contributed by atoms with Crippen molar-refractivity contribution in [3.05, 3.63) is 0 Å². The van der Waals surface area contributed by atoms with Crippen molar-refractivity contribution in [2.75, 3.05) is 39.6 Å². The van der Waals surface area contributed by atoms with Crippen LogP contribution in [0.25, 0.3) is 0 Å². The molecule has 32 nitrogen and oxygen atoms in total. The summed E-state index contributed by atoms with van der Waals surface area (Å²) in [6, 6.07) is -3.09. The molecule has 4 saturated heterocycles. The van der Waals surface area contributed by atoms with Crippen molar-refractivity contribution in [3.63, 3.8) is 0 Å². The van der Waals surface area contributed by atoms with Gasteiger partial charge in [-0.15, -0.1) is 0 Å². The van der Waals surface area contributed by atoms with Gasteiger partial charge in [0.15, 0.2) is 6.29 Å². The van der Waals surface area contributed by atoms with E-state index < -0.39 is 222 Å². The molecule has 0 aromatic rings. The first kappa shape index (κ1) is 57.9. The molecule has 0 aromatic heterocycles. The number of carboxylic acid groups (broad SMARTS) is 3. The van der Waals surface area contributed by atoms with Crippen molar-refractivity contribution >= 4 is 17.9 Å². The molecular formula is C36H62N2O30. The van der Waals surface area contributed by atoms with Crippen LogP contribution in [0.5, 0.6) is 0 Å². The zero-order chi connectivity index (χ0) is 51.4. The van der Waals surface area contributed by atoms with Gasteiger partial charge in [-0.3, -0.25) is 0 Å². The zero-order valence-corrected chi connectivity index (χ0v) is 35.6. The fraction of sp³-hybridized carbons (Fsp3) is 0.917. The number of aliphatic carboxylic acids is 3. The van der Waals surface area contributed by atoms with Gasteiger partial charge in [0, 0.05) is 19.3 Å². The summed E-state index contributed by atoms with van der Waals surface area (Å²) in [5, 5.41) is 196. The largest absolute Gasteiger partial charge is 0.477 e. The SMILES string of the molecule is N[C@@H](COC1O[C@H](CO[C@]2(C(=O)O)C[C@@H](O[C@]3(C(=O)O)C[C@@H](O)[C@@H](O)[C@@H]([C@H](O)CO[C@]4(C(=O)O)C[C@@H](O)[C@@H](O)[C@@H]([C@H](O)CO)O4)O3)[C@@H](O)[C@@H]([C@H](O)CO)O2)[C@@H](O)[C@H](O)[C@H]1N)[C@@H](O)[C@H](O)[C@H](O)CO. The Morgan fingerprint density at radius 3 is 1.56 bits per heavy atom. The van der Waals surface area contributed by atoms with E-state index in [2.05, 4.69) is 0 Å². The average Bonchev–Trinajstić information content (AvgIpc) is 3.30. The van der Waals surface area contributed by atoms with E-state index in [1.165, 1.54) is 0 Å². The zero-order valence-electron chi connectivity index (χ0n) is 35.6. The molecule has 1 unspecified atom stereocenters. The topological polar surface area (TPSA) is 561 Å². The maximum absolute atomic E-state index is 13.0. The summed E-state index contributed by atoms with van der Waals surface area (Å²) in [5.74, 6) is -15.8. The minimum Gasteiger partial charge on any atom is -0.477 e. The summed E-state index contributed by atoms with van der Waals surface area (Å²) in [6.45, 7) is -6.50. The van der Waals surface area contributed by atoms with Crippen LogP contribution in [0.3, 0.4) is 0 Å². The summed E-state index contributed by atoms with van der Waals surface area (Å²) in [7, 11) is 0. The van der Waals surface area contributed by atoms with Crippen LogP contribution < -0.4 is 11.5 Å². The molecule has 32 heteroatoms. The second-order valence-electron chi connectivity index (χ2n) is 16.8. The predicted molar refractivity (Wildman–Crippen MR) is 206 cm³/mol. The highest BCUT2D eigenvalue weighted by Gasteiger charge is 2.62. The van der Waals surface area contributed by atoms with Crippen LogP contribution in [0.15, 0.2) is 0 Å². The molecule has 4 aliphatic heterocycles. The second-order valence-corrected chi connectivity index (χ2v) is 16.8. The lowest BCUT2D eigenvalue weighted by atomic mass is 9.89. The lowest BCUT2D eigenvalue weighted by molar-refractivity contribution is -0.379. The first-order chi connectivity index (χ1) is 31.7. The number of carbonyl (C=O) groups is 3. The smallest absolute Gasteiger partial charge is 0.364 e. The second kappa shape index (κ2) is 23.7. The van der Waals surface area contributed by atoms with E-state index in [1.54, 1.807) is 0 Å². The molecule has 4 fully saturated rings. The number of hydrogen-bond donors (Lipinski definition) is 21. The van der Waals surface area contributed by atoms with Crippen molar-refractivity contribution in [3.8, 4) is 0 Å². The third-order valence-corrected chi connectivity index (χ3v) is 12.0. The molecular weight excluding hydrogens is 940 g/mol. The van der Waals surface area contributed by atoms with Crippen molar-refractivity contribution in [1.82, 2.24) is 0 Å². The van der Waals surface area contributed by atoms with E-state index in [4.69, 9.17) is 54.5 Å². The van der Waals surface area contributed by atoms with E-state index in [1.807, 2.05) is 0 Å². The van der Waals surface area contributed by atoms with Crippen molar-refractivity contribution in [2.24, 2.45) is 11.5 Å². The van der Waals surface area contributed by atoms with Gasteiger partial charge in [-0.2, -0.15) is 0 Å². The van der Waals surface area contributed by atoms with Gasteiger partial charge < -0.3 is 146 Å². The molecule has 23 N–H and O–H groups in total. The van der Waals surface area contributed by atoms with Gasteiger partial charge in [0.1, 0.15) is 85.5 Å². The molecule has 0 aliphatic carbocycles. The molecule has 0 amide bonds. The van der Waals surface area contributed by atoms with E-state index in [-0.39, 0.29) is 0 Å². The van der Waals surface area contributed by atoms with Crippen molar-refractivity contribution < 1.29 is 149 Å². The Morgan fingerprint density at radius 2 is 1.06 bits per heavy atom. The highest BCUT2D eigenvalue weighted by atomic mass is 16.8. The van der Waals surface area contributed by atoms with Gasteiger partial charge in [-0.25, -0.2) is 14.4 Å². The quantitative estimate of drug-likeness (QED) is 0.0452. The summed E-state index contributed by atoms with van der Waals surface area (Å²) in [5.41, 5.74) is 11.7. The Hall–Kier alpha value is -2.63. The van der Waals surface area contributed by atoms with E-state index in [0.29, 0.717) is 0 Å². The van der Waals surface area contributed by atoms with Gasteiger partial charge in [-0.1, -0.05) is 0 Å². The van der Waals surface area contributed by atoms with Gasteiger partial charge in [0.2, 0.25) is 0 Å². The summed E-state index contributed by atoms with van der Waals surface area (Å²) < 4.78 is 43.6. The highest BCUT2D eigenvalue weighted by molar-refractivity contribution is 5.77. The molecule has 0 spiro atoms. The normalized spacial score (nSPS) is 42.3. The van der Waals surface area contributed by atoms with Crippen LogP contribution in [-0.4, -0.2) is 300 Å². The summed E-state index contributed by atoms with van der Waals surface area (Å²) in [6.07, 6.45) is -43.1. The number of carboxylic acids is 3. The lowest BCUT2D eigenvalue weighted by Crippen LogP contribution is -2.68. The summed E-state index contributed by atoms with van der Waals surface area (Å²) in [4.78, 5) is 38.4. The van der Waals surface area contributed by atoms with Crippen LogP contribution in [0.1, 0.15) is 19.3 Å². The van der Waals surface area contributed by atoms with Crippen LogP contribution >= 0.6 is 0 Å². The molecule has 4 rings (SSSR count). The van der Waals surface area contributed by atoms with Gasteiger partial charge in [0.25, 0.3) is 17.4 Å². The third kappa shape index (κ3) is 12.3. The van der Waals surface area contributed by atoms with Gasteiger partial charge in [-0.05, 0) is 0 Å². The maximum Gasteiger partial charge on any atom is 0.364 e. The molecule has 4 aliphatic rings. The molecule has 0 bridgehead atoms. The maximum atomic E-state index is 13.0. The van der Waals surface area contributed by atoms with E-state index >= 15 is 0 Å². The number of rotatable bonds is 23. The Kier molecular flexibility index (Phi) is 20.2. The number of hydrogen-bond acceptors (Lipinski definition) is 29. The Labute approximate surface area is 383 Å².